The largest absolute Gasteiger partial charge is 0.355 e. The van der Waals surface area contributed by atoms with Crippen LogP contribution >= 0.6 is 35.7 Å². The topological polar surface area (TPSA) is 83.3 Å². The maximum atomic E-state index is 12.1. The van der Waals surface area contributed by atoms with Crippen molar-refractivity contribution in [3.8, 4) is 0 Å². The van der Waals surface area contributed by atoms with Gasteiger partial charge in [0.15, 0.2) is 5.96 Å². The maximum Gasteiger partial charge on any atom is 0.246 e. The summed E-state index contributed by atoms with van der Waals surface area (Å²) in [7, 11) is 1.78. The molecule has 1 atom stereocenters. The lowest BCUT2D eigenvalue weighted by atomic mass is 10.2. The van der Waals surface area contributed by atoms with E-state index in [4.69, 9.17) is 0 Å². The minimum absolute atomic E-state index is 0. The first-order valence-electron chi connectivity index (χ1n) is 9.15. The minimum Gasteiger partial charge on any atom is -0.355 e. The van der Waals surface area contributed by atoms with E-state index >= 15 is 0 Å². The Morgan fingerprint density at radius 3 is 2.96 bits per heavy atom. The molecule has 1 aliphatic rings. The lowest BCUT2D eigenvalue weighted by molar-refractivity contribution is -0.116. The summed E-state index contributed by atoms with van der Waals surface area (Å²) < 4.78 is 1.60. The molecule has 1 fully saturated rings. The zero-order chi connectivity index (χ0) is 18.9. The minimum atomic E-state index is -0.102. The van der Waals surface area contributed by atoms with Gasteiger partial charge in [0, 0.05) is 43.5 Å². The first kappa shape index (κ1) is 22.5. The average molecular weight is 514 g/mol. The van der Waals surface area contributed by atoms with Gasteiger partial charge in [0.25, 0.3) is 0 Å². The molecule has 0 radical (unpaired) electrons. The van der Waals surface area contributed by atoms with Crippen molar-refractivity contribution in [1.29, 1.82) is 0 Å². The molecule has 1 aromatic heterocycles. The Morgan fingerprint density at radius 1 is 1.36 bits per heavy atom. The van der Waals surface area contributed by atoms with E-state index in [0.29, 0.717) is 11.8 Å². The molecular formula is C19H27IN6OS. The van der Waals surface area contributed by atoms with Crippen LogP contribution in [0, 0.1) is 0 Å². The number of carbonyl (C=O) groups is 1. The third-order valence-corrected chi connectivity index (χ3v) is 5.68. The van der Waals surface area contributed by atoms with Crippen LogP contribution in [0.3, 0.4) is 0 Å². The van der Waals surface area contributed by atoms with Crippen molar-refractivity contribution < 1.29 is 4.79 Å². The number of carbonyl (C=O) groups excluding carboxylic acids is 1. The SMILES string of the molecule is CN=C(NCc1cccc(NC(=O)Cn2cccn2)c1)NCC1CCCS1.I. The predicted octanol–water partition coefficient (Wildman–Crippen LogP) is 2.70. The Morgan fingerprint density at radius 2 is 2.25 bits per heavy atom. The van der Waals surface area contributed by atoms with Crippen molar-refractivity contribution in [1.82, 2.24) is 20.4 Å². The van der Waals surface area contributed by atoms with Crippen LogP contribution in [-0.2, 0) is 17.9 Å². The van der Waals surface area contributed by atoms with Gasteiger partial charge in [-0.3, -0.25) is 14.5 Å². The molecule has 1 amide bonds. The Bertz CT molecular complexity index is 762. The van der Waals surface area contributed by atoms with Gasteiger partial charge in [0.2, 0.25) is 5.91 Å². The summed E-state index contributed by atoms with van der Waals surface area (Å²) in [6.07, 6.45) is 6.01. The molecule has 1 aliphatic heterocycles. The molecule has 28 heavy (non-hydrogen) atoms. The second-order valence-corrected chi connectivity index (χ2v) is 7.80. The molecule has 7 nitrogen and oxygen atoms in total. The van der Waals surface area contributed by atoms with E-state index in [1.54, 1.807) is 30.2 Å². The number of aliphatic imine (C=N–C) groups is 1. The van der Waals surface area contributed by atoms with Crippen molar-refractivity contribution in [2.24, 2.45) is 4.99 Å². The third kappa shape index (κ3) is 7.34. The average Bonchev–Trinajstić information content (AvgIpc) is 3.36. The number of anilines is 1. The number of nitrogens with one attached hydrogen (secondary N) is 3. The highest BCUT2D eigenvalue weighted by Crippen LogP contribution is 2.25. The van der Waals surface area contributed by atoms with E-state index in [2.05, 4.69) is 26.0 Å². The number of rotatable bonds is 7. The number of amides is 1. The van der Waals surface area contributed by atoms with Crippen molar-refractivity contribution in [3.05, 3.63) is 48.3 Å². The number of thioether (sulfide) groups is 1. The van der Waals surface area contributed by atoms with Gasteiger partial charge in [0.05, 0.1) is 0 Å². The Hall–Kier alpha value is -1.75. The van der Waals surface area contributed by atoms with Crippen LogP contribution in [0.1, 0.15) is 18.4 Å². The number of nitrogens with zero attached hydrogens (tertiary/aromatic N) is 3. The normalized spacial score (nSPS) is 16.3. The van der Waals surface area contributed by atoms with Crippen molar-refractivity contribution in [2.75, 3.05) is 24.7 Å². The molecule has 1 saturated heterocycles. The zero-order valence-electron chi connectivity index (χ0n) is 15.9. The highest BCUT2D eigenvalue weighted by Gasteiger charge is 2.15. The molecule has 1 aromatic carbocycles. The Kier molecular flexibility index (Phi) is 9.62. The lowest BCUT2D eigenvalue weighted by Gasteiger charge is -2.15. The van der Waals surface area contributed by atoms with Crippen LogP contribution in [0.2, 0.25) is 0 Å². The first-order valence-corrected chi connectivity index (χ1v) is 10.2. The molecule has 0 saturated carbocycles. The molecule has 1 unspecified atom stereocenters. The Balaban J connectivity index is 0.00000280. The molecule has 3 N–H and O–H groups in total. The summed E-state index contributed by atoms with van der Waals surface area (Å²) in [5, 5.41) is 14.4. The molecule has 2 heterocycles. The van der Waals surface area contributed by atoms with Gasteiger partial charge in [-0.15, -0.1) is 24.0 Å². The fraction of sp³-hybridized carbons (Fsp3) is 0.421. The number of benzene rings is 1. The van der Waals surface area contributed by atoms with E-state index in [0.717, 1.165) is 23.8 Å². The van der Waals surface area contributed by atoms with E-state index in [1.165, 1.54) is 18.6 Å². The van der Waals surface area contributed by atoms with Crippen molar-refractivity contribution >= 4 is 53.3 Å². The van der Waals surface area contributed by atoms with Crippen LogP contribution in [0.4, 0.5) is 5.69 Å². The second kappa shape index (κ2) is 11.9. The van der Waals surface area contributed by atoms with Crippen molar-refractivity contribution in [3.63, 3.8) is 0 Å². The van der Waals surface area contributed by atoms with E-state index in [1.807, 2.05) is 36.0 Å². The van der Waals surface area contributed by atoms with Gasteiger partial charge in [-0.1, -0.05) is 12.1 Å². The van der Waals surface area contributed by atoms with Gasteiger partial charge >= 0.3 is 0 Å². The number of hydrogen-bond donors (Lipinski definition) is 3. The van der Waals surface area contributed by atoms with E-state index in [-0.39, 0.29) is 36.4 Å². The molecule has 0 bridgehead atoms. The summed E-state index contributed by atoms with van der Waals surface area (Å²) >= 11 is 2.03. The molecule has 9 heteroatoms. The predicted molar refractivity (Wildman–Crippen MR) is 126 cm³/mol. The van der Waals surface area contributed by atoms with Gasteiger partial charge < -0.3 is 16.0 Å². The summed E-state index contributed by atoms with van der Waals surface area (Å²) in [4.78, 5) is 16.4. The van der Waals surface area contributed by atoms with Gasteiger partial charge in [-0.25, -0.2) is 0 Å². The fourth-order valence-electron chi connectivity index (χ4n) is 2.92. The van der Waals surface area contributed by atoms with Gasteiger partial charge in [-0.05, 0) is 42.4 Å². The summed E-state index contributed by atoms with van der Waals surface area (Å²) in [6.45, 7) is 1.78. The lowest BCUT2D eigenvalue weighted by Crippen LogP contribution is -2.39. The fourth-order valence-corrected chi connectivity index (χ4v) is 4.12. The molecular weight excluding hydrogens is 487 g/mol. The quantitative estimate of drug-likeness (QED) is 0.301. The highest BCUT2D eigenvalue weighted by atomic mass is 127. The zero-order valence-corrected chi connectivity index (χ0v) is 19.1. The summed E-state index contributed by atoms with van der Waals surface area (Å²) in [6, 6.07) is 9.61. The van der Waals surface area contributed by atoms with E-state index < -0.39 is 0 Å². The van der Waals surface area contributed by atoms with Gasteiger partial charge in [-0.2, -0.15) is 16.9 Å². The van der Waals surface area contributed by atoms with Gasteiger partial charge in [0.1, 0.15) is 6.54 Å². The number of halogens is 1. The molecule has 152 valence electrons. The maximum absolute atomic E-state index is 12.1. The molecule has 0 spiro atoms. The second-order valence-electron chi connectivity index (χ2n) is 6.39. The smallest absolute Gasteiger partial charge is 0.246 e. The van der Waals surface area contributed by atoms with E-state index in [9.17, 15) is 4.79 Å². The van der Waals surface area contributed by atoms with Crippen LogP contribution in [-0.4, -0.2) is 46.2 Å². The van der Waals surface area contributed by atoms with Crippen LogP contribution < -0.4 is 16.0 Å². The number of aromatic nitrogens is 2. The van der Waals surface area contributed by atoms with Crippen LogP contribution in [0.15, 0.2) is 47.7 Å². The standard InChI is InChI=1S/C19H26N6OS.HI/c1-20-19(22-13-17-7-3-10-27-17)21-12-15-5-2-6-16(11-15)24-18(26)14-25-9-4-8-23-25;/h2,4-6,8-9,11,17H,3,7,10,12-14H2,1H3,(H,24,26)(H2,20,21,22);1H. The first-order chi connectivity index (χ1) is 13.2. The summed E-state index contributed by atoms with van der Waals surface area (Å²) in [5.41, 5.74) is 1.85. The number of guanidine groups is 1. The Labute approximate surface area is 187 Å². The van der Waals surface area contributed by atoms with Crippen molar-refractivity contribution in [2.45, 2.75) is 31.2 Å². The van der Waals surface area contributed by atoms with Crippen LogP contribution in [0.5, 0.6) is 0 Å². The third-order valence-electron chi connectivity index (χ3n) is 4.28. The molecule has 2 aromatic rings. The molecule has 3 rings (SSSR count). The highest BCUT2D eigenvalue weighted by molar-refractivity contribution is 14.0. The van der Waals surface area contributed by atoms with Crippen LogP contribution in [0.25, 0.3) is 0 Å². The monoisotopic (exact) mass is 514 g/mol. The molecule has 0 aliphatic carbocycles. The summed E-state index contributed by atoms with van der Waals surface area (Å²) in [5.74, 6) is 1.96. The number of hydrogen-bond acceptors (Lipinski definition) is 4.